The zero-order valence-corrected chi connectivity index (χ0v) is 17.5. The average molecular weight is 406 g/mol. The zero-order chi connectivity index (χ0) is 20.9. The van der Waals surface area contributed by atoms with Crippen molar-refractivity contribution in [2.75, 3.05) is 18.4 Å². The Balaban J connectivity index is 2.30. The van der Waals surface area contributed by atoms with Crippen molar-refractivity contribution in [3.05, 3.63) is 58.0 Å². The molecule has 8 heteroatoms. The number of nitrogens with zero attached hydrogens (tertiary/aromatic N) is 2. The summed E-state index contributed by atoms with van der Waals surface area (Å²) in [4.78, 5) is 24.7. The van der Waals surface area contributed by atoms with Gasteiger partial charge in [0, 0.05) is 31.0 Å². The number of para-hydroxylation sites is 1. The summed E-state index contributed by atoms with van der Waals surface area (Å²) >= 11 is 0. The summed E-state index contributed by atoms with van der Waals surface area (Å²) in [6, 6.07) is 8.22. The van der Waals surface area contributed by atoms with Crippen molar-refractivity contribution in [3.8, 4) is 0 Å². The highest BCUT2D eigenvalue weighted by Gasteiger charge is 2.22. The Labute approximate surface area is 166 Å². The second kappa shape index (κ2) is 9.16. The maximum Gasteiger partial charge on any atom is 0.251 e. The number of carbonyl (C=O) groups is 1. The molecule has 0 saturated heterocycles. The lowest BCUT2D eigenvalue weighted by Gasteiger charge is -2.19. The van der Waals surface area contributed by atoms with Gasteiger partial charge in [0.2, 0.25) is 15.9 Å². The highest BCUT2D eigenvalue weighted by Crippen LogP contribution is 2.21. The zero-order valence-electron chi connectivity index (χ0n) is 16.7. The Morgan fingerprint density at radius 3 is 2.39 bits per heavy atom. The van der Waals surface area contributed by atoms with E-state index in [0.29, 0.717) is 13.1 Å². The van der Waals surface area contributed by atoms with Crippen LogP contribution in [-0.2, 0) is 27.8 Å². The molecule has 1 aromatic heterocycles. The molecule has 1 N–H and O–H groups in total. The second-order valence-corrected chi connectivity index (χ2v) is 8.37. The summed E-state index contributed by atoms with van der Waals surface area (Å²) in [5.74, 6) is -0.386. The van der Waals surface area contributed by atoms with Crippen molar-refractivity contribution in [2.24, 2.45) is 0 Å². The third kappa shape index (κ3) is 4.69. The lowest BCUT2D eigenvalue weighted by molar-refractivity contribution is -0.116. The molecule has 0 saturated carbocycles. The number of benzene rings is 1. The summed E-state index contributed by atoms with van der Waals surface area (Å²) in [5.41, 5.74) is 2.22. The molecule has 2 rings (SSSR count). The Hall–Kier alpha value is -2.45. The molecule has 1 aromatic carbocycles. The van der Waals surface area contributed by atoms with E-state index >= 15 is 0 Å². The first kappa shape index (κ1) is 21.8. The smallest absolute Gasteiger partial charge is 0.251 e. The van der Waals surface area contributed by atoms with Crippen LogP contribution in [0.3, 0.4) is 0 Å². The SMILES string of the molecule is CCc1cccc(C)c1NC(=O)Cn1cc(S(=O)(=O)N(CC)CC)ccc1=O. The number of pyridine rings is 1. The maximum absolute atomic E-state index is 12.7. The Kier molecular flexibility index (Phi) is 7.15. The van der Waals surface area contributed by atoms with Gasteiger partial charge in [-0.1, -0.05) is 39.0 Å². The maximum atomic E-state index is 12.7. The van der Waals surface area contributed by atoms with Crippen molar-refractivity contribution in [3.63, 3.8) is 0 Å². The Morgan fingerprint density at radius 2 is 1.79 bits per heavy atom. The van der Waals surface area contributed by atoms with Gasteiger partial charge in [-0.2, -0.15) is 4.31 Å². The molecule has 0 aliphatic rings. The van der Waals surface area contributed by atoms with Crippen LogP contribution in [0.1, 0.15) is 31.9 Å². The summed E-state index contributed by atoms with van der Waals surface area (Å²) in [7, 11) is -3.71. The van der Waals surface area contributed by atoms with E-state index in [-0.39, 0.29) is 17.3 Å². The number of aromatic nitrogens is 1. The molecular weight excluding hydrogens is 378 g/mol. The first-order chi connectivity index (χ1) is 13.2. The van der Waals surface area contributed by atoms with E-state index in [1.165, 1.54) is 22.6 Å². The third-order valence-corrected chi connectivity index (χ3v) is 6.65. The van der Waals surface area contributed by atoms with Crippen molar-refractivity contribution in [2.45, 2.75) is 45.6 Å². The average Bonchev–Trinajstić information content (AvgIpc) is 2.65. The molecule has 0 aliphatic heterocycles. The van der Waals surface area contributed by atoms with Gasteiger partial charge in [0.05, 0.1) is 4.90 Å². The highest BCUT2D eigenvalue weighted by molar-refractivity contribution is 7.89. The largest absolute Gasteiger partial charge is 0.324 e. The van der Waals surface area contributed by atoms with Gasteiger partial charge in [-0.25, -0.2) is 8.42 Å². The molecule has 1 amide bonds. The molecular formula is C20H27N3O4S. The highest BCUT2D eigenvalue weighted by atomic mass is 32.2. The second-order valence-electron chi connectivity index (χ2n) is 6.43. The van der Waals surface area contributed by atoms with Gasteiger partial charge in [-0.05, 0) is 30.5 Å². The molecule has 152 valence electrons. The van der Waals surface area contributed by atoms with Crippen LogP contribution in [0.15, 0.2) is 46.2 Å². The van der Waals surface area contributed by atoms with E-state index in [0.717, 1.165) is 27.8 Å². The predicted molar refractivity (Wildman–Crippen MR) is 110 cm³/mol. The normalized spacial score (nSPS) is 11.6. The topological polar surface area (TPSA) is 88.5 Å². The van der Waals surface area contributed by atoms with Crippen molar-refractivity contribution < 1.29 is 13.2 Å². The summed E-state index contributed by atoms with van der Waals surface area (Å²) in [5, 5.41) is 2.85. The molecule has 28 heavy (non-hydrogen) atoms. The number of hydrogen-bond donors (Lipinski definition) is 1. The van der Waals surface area contributed by atoms with E-state index in [9.17, 15) is 18.0 Å². The molecule has 0 atom stereocenters. The van der Waals surface area contributed by atoms with Crippen LogP contribution in [0.4, 0.5) is 5.69 Å². The van der Waals surface area contributed by atoms with E-state index in [1.807, 2.05) is 32.0 Å². The standard InChI is InChI=1S/C20H27N3O4S/c1-5-16-10-8-9-15(4)20(16)21-18(24)14-22-13-17(11-12-19(22)25)28(26,27)23(6-2)7-3/h8-13H,5-7,14H2,1-4H3,(H,21,24). The number of sulfonamides is 1. The summed E-state index contributed by atoms with van der Waals surface area (Å²) in [6.07, 6.45) is 1.99. The van der Waals surface area contributed by atoms with Gasteiger partial charge in [-0.3, -0.25) is 9.59 Å². The Bertz CT molecular complexity index is 1010. The van der Waals surface area contributed by atoms with Gasteiger partial charge < -0.3 is 9.88 Å². The minimum atomic E-state index is -3.71. The first-order valence-corrected chi connectivity index (χ1v) is 10.8. The van der Waals surface area contributed by atoms with Gasteiger partial charge >= 0.3 is 0 Å². The fourth-order valence-corrected chi connectivity index (χ4v) is 4.51. The molecule has 1 heterocycles. The fraction of sp³-hybridized carbons (Fsp3) is 0.400. The van der Waals surface area contributed by atoms with Gasteiger partial charge in [0.25, 0.3) is 5.56 Å². The van der Waals surface area contributed by atoms with Crippen LogP contribution in [0.2, 0.25) is 0 Å². The van der Waals surface area contributed by atoms with Crippen LogP contribution in [0.5, 0.6) is 0 Å². The lowest BCUT2D eigenvalue weighted by atomic mass is 10.1. The van der Waals surface area contributed by atoms with Crippen molar-refractivity contribution in [1.29, 1.82) is 0 Å². The van der Waals surface area contributed by atoms with Crippen LogP contribution in [-0.4, -0.2) is 36.3 Å². The molecule has 2 aromatic rings. The van der Waals surface area contributed by atoms with Crippen molar-refractivity contribution in [1.82, 2.24) is 8.87 Å². The molecule has 7 nitrogen and oxygen atoms in total. The van der Waals surface area contributed by atoms with Crippen LogP contribution < -0.4 is 10.9 Å². The minimum Gasteiger partial charge on any atom is -0.324 e. The Morgan fingerprint density at radius 1 is 1.11 bits per heavy atom. The van der Waals surface area contributed by atoms with Crippen LogP contribution >= 0.6 is 0 Å². The molecule has 0 fully saturated rings. The van der Waals surface area contributed by atoms with E-state index in [2.05, 4.69) is 5.32 Å². The quantitative estimate of drug-likeness (QED) is 0.730. The van der Waals surface area contributed by atoms with Crippen LogP contribution in [0, 0.1) is 6.92 Å². The lowest BCUT2D eigenvalue weighted by Crippen LogP contribution is -2.33. The van der Waals surface area contributed by atoms with E-state index in [4.69, 9.17) is 0 Å². The van der Waals surface area contributed by atoms with E-state index in [1.54, 1.807) is 13.8 Å². The predicted octanol–water partition coefficient (Wildman–Crippen LogP) is 2.39. The van der Waals surface area contributed by atoms with Gasteiger partial charge in [0.1, 0.15) is 6.54 Å². The summed E-state index contributed by atoms with van der Waals surface area (Å²) < 4.78 is 27.8. The third-order valence-electron chi connectivity index (χ3n) is 4.62. The number of carbonyl (C=O) groups excluding carboxylic acids is 1. The number of nitrogens with one attached hydrogen (secondary N) is 1. The number of rotatable bonds is 8. The molecule has 0 unspecified atom stereocenters. The van der Waals surface area contributed by atoms with Crippen molar-refractivity contribution >= 4 is 21.6 Å². The molecule has 0 radical (unpaired) electrons. The fourth-order valence-electron chi connectivity index (χ4n) is 3.03. The van der Waals surface area contributed by atoms with Gasteiger partial charge in [0.15, 0.2) is 0 Å². The number of aryl methyl sites for hydroxylation is 2. The monoisotopic (exact) mass is 405 g/mol. The summed E-state index contributed by atoms with van der Waals surface area (Å²) in [6.45, 7) is 7.78. The molecule has 0 spiro atoms. The van der Waals surface area contributed by atoms with Gasteiger partial charge in [-0.15, -0.1) is 0 Å². The van der Waals surface area contributed by atoms with Crippen LogP contribution in [0.25, 0.3) is 0 Å². The number of anilines is 1. The minimum absolute atomic E-state index is 0.00580. The van der Waals surface area contributed by atoms with E-state index < -0.39 is 15.6 Å². The first-order valence-electron chi connectivity index (χ1n) is 9.33. The number of amides is 1. The number of hydrogen-bond acceptors (Lipinski definition) is 4. The molecule has 0 bridgehead atoms. The molecule has 0 aliphatic carbocycles.